The summed E-state index contributed by atoms with van der Waals surface area (Å²) in [6.07, 6.45) is 2.77. The molecule has 3 saturated heterocycles. The molecule has 190 valence electrons. The quantitative estimate of drug-likeness (QED) is 0.569. The van der Waals surface area contributed by atoms with Crippen LogP contribution in [0.3, 0.4) is 0 Å². The number of nitrogens with zero attached hydrogens (tertiary/aromatic N) is 6. The van der Waals surface area contributed by atoms with E-state index in [1.807, 2.05) is 43.3 Å². The van der Waals surface area contributed by atoms with Crippen LogP contribution in [0.2, 0.25) is 0 Å². The third-order valence-electron chi connectivity index (χ3n) is 7.21. The van der Waals surface area contributed by atoms with Gasteiger partial charge in [-0.25, -0.2) is 8.42 Å². The Balaban J connectivity index is 1.10. The van der Waals surface area contributed by atoms with E-state index >= 15 is 0 Å². The minimum absolute atomic E-state index is 0.0458. The molecule has 35 heavy (non-hydrogen) atoms. The van der Waals surface area contributed by atoms with Gasteiger partial charge in [0.15, 0.2) is 11.6 Å². The van der Waals surface area contributed by atoms with Gasteiger partial charge in [-0.15, -0.1) is 10.2 Å². The van der Waals surface area contributed by atoms with Crippen LogP contribution < -0.4 is 9.80 Å². The molecule has 0 N–H and O–H groups in total. The standard InChI is InChI=1S/C25H36N6O3S/c1-21-4-2-5-22(18-21)20-35(32,33)31-15-13-30(14-16-31)25-8-7-24(26-27-25)29-11-9-28(10-12-29)19-23-6-3-17-34-23/h2,4-5,7-8,18,23H,3,6,9-17,19-20H2,1H3. The lowest BCUT2D eigenvalue weighted by Gasteiger charge is -2.36. The molecule has 1 unspecified atom stereocenters. The van der Waals surface area contributed by atoms with Gasteiger partial charge in [0, 0.05) is 65.5 Å². The molecule has 0 saturated carbocycles. The molecule has 3 aliphatic heterocycles. The molecule has 3 fully saturated rings. The summed E-state index contributed by atoms with van der Waals surface area (Å²) in [5.74, 6) is 1.76. The Morgan fingerprint density at radius 1 is 0.914 bits per heavy atom. The van der Waals surface area contributed by atoms with Gasteiger partial charge in [0.1, 0.15) is 0 Å². The number of anilines is 2. The van der Waals surface area contributed by atoms with Crippen LogP contribution in [0, 0.1) is 6.92 Å². The predicted molar refractivity (Wildman–Crippen MR) is 137 cm³/mol. The van der Waals surface area contributed by atoms with Crippen LogP contribution in [0.1, 0.15) is 24.0 Å². The summed E-state index contributed by atoms with van der Waals surface area (Å²) >= 11 is 0. The van der Waals surface area contributed by atoms with Crippen molar-refractivity contribution in [3.63, 3.8) is 0 Å². The van der Waals surface area contributed by atoms with Crippen LogP contribution in [0.5, 0.6) is 0 Å². The normalized spacial score (nSPS) is 22.6. The SMILES string of the molecule is Cc1cccc(CS(=O)(=O)N2CCN(c3ccc(N4CCN(CC5CCCO5)CC4)nn3)CC2)c1. The van der Waals surface area contributed by atoms with E-state index in [4.69, 9.17) is 4.74 Å². The molecule has 0 radical (unpaired) electrons. The highest BCUT2D eigenvalue weighted by atomic mass is 32.2. The zero-order valence-electron chi connectivity index (χ0n) is 20.6. The molecule has 5 rings (SSSR count). The van der Waals surface area contributed by atoms with Gasteiger partial charge in [-0.2, -0.15) is 4.31 Å². The minimum atomic E-state index is -3.34. The van der Waals surface area contributed by atoms with Gasteiger partial charge in [-0.05, 0) is 37.5 Å². The molecule has 0 aliphatic carbocycles. The van der Waals surface area contributed by atoms with E-state index in [1.165, 1.54) is 12.8 Å². The van der Waals surface area contributed by atoms with Crippen LogP contribution in [-0.2, 0) is 20.5 Å². The lowest BCUT2D eigenvalue weighted by molar-refractivity contribution is 0.0712. The van der Waals surface area contributed by atoms with Crippen molar-refractivity contribution in [2.75, 3.05) is 75.3 Å². The summed E-state index contributed by atoms with van der Waals surface area (Å²) < 4.78 is 33.2. The third-order valence-corrected chi connectivity index (χ3v) is 9.06. The Hall–Kier alpha value is -2.27. The van der Waals surface area contributed by atoms with Crippen molar-refractivity contribution in [2.24, 2.45) is 0 Å². The van der Waals surface area contributed by atoms with E-state index < -0.39 is 10.0 Å². The smallest absolute Gasteiger partial charge is 0.218 e. The number of aromatic nitrogens is 2. The molecule has 10 heteroatoms. The van der Waals surface area contributed by atoms with Crippen LogP contribution in [0.4, 0.5) is 11.6 Å². The van der Waals surface area contributed by atoms with E-state index in [-0.39, 0.29) is 5.75 Å². The van der Waals surface area contributed by atoms with Gasteiger partial charge in [-0.1, -0.05) is 29.8 Å². The average Bonchev–Trinajstić information content (AvgIpc) is 3.38. The monoisotopic (exact) mass is 500 g/mol. The van der Waals surface area contributed by atoms with Crippen molar-refractivity contribution in [3.05, 3.63) is 47.5 Å². The third kappa shape index (κ3) is 6.11. The summed E-state index contributed by atoms with van der Waals surface area (Å²) in [5.41, 5.74) is 1.91. The van der Waals surface area contributed by atoms with Crippen molar-refractivity contribution in [1.82, 2.24) is 19.4 Å². The van der Waals surface area contributed by atoms with Crippen LogP contribution in [0.15, 0.2) is 36.4 Å². The maximum atomic E-state index is 12.9. The van der Waals surface area contributed by atoms with Crippen LogP contribution >= 0.6 is 0 Å². The van der Waals surface area contributed by atoms with Gasteiger partial charge in [-0.3, -0.25) is 4.90 Å². The number of hydrogen-bond acceptors (Lipinski definition) is 8. The van der Waals surface area contributed by atoms with Gasteiger partial charge >= 0.3 is 0 Å². The summed E-state index contributed by atoms with van der Waals surface area (Å²) in [7, 11) is -3.34. The number of rotatable bonds is 7. The number of piperazine rings is 2. The molecule has 3 aliphatic rings. The maximum Gasteiger partial charge on any atom is 0.218 e. The average molecular weight is 501 g/mol. The van der Waals surface area contributed by atoms with E-state index in [0.29, 0.717) is 32.3 Å². The van der Waals surface area contributed by atoms with E-state index in [9.17, 15) is 8.42 Å². The summed E-state index contributed by atoms with van der Waals surface area (Å²) in [6, 6.07) is 11.8. The van der Waals surface area contributed by atoms with Gasteiger partial charge in [0.2, 0.25) is 10.0 Å². The second-order valence-electron chi connectivity index (χ2n) is 9.80. The molecule has 2 aromatic rings. The predicted octanol–water partition coefficient (Wildman–Crippen LogP) is 1.74. The van der Waals surface area contributed by atoms with Crippen LogP contribution in [-0.4, -0.2) is 99.4 Å². The molecule has 1 aromatic heterocycles. The summed E-state index contributed by atoms with van der Waals surface area (Å²) in [4.78, 5) is 6.90. The highest BCUT2D eigenvalue weighted by molar-refractivity contribution is 7.88. The number of aryl methyl sites for hydroxylation is 1. The van der Waals surface area contributed by atoms with E-state index in [0.717, 1.165) is 62.1 Å². The highest BCUT2D eigenvalue weighted by Gasteiger charge is 2.28. The Morgan fingerprint density at radius 3 is 2.14 bits per heavy atom. The molecule has 0 amide bonds. The zero-order chi connectivity index (χ0) is 24.3. The first-order chi connectivity index (χ1) is 17.0. The number of sulfonamides is 1. The van der Waals surface area contributed by atoms with E-state index in [2.05, 4.69) is 24.9 Å². The molecule has 0 bridgehead atoms. The molecule has 1 aromatic carbocycles. The van der Waals surface area contributed by atoms with Crippen molar-refractivity contribution < 1.29 is 13.2 Å². The minimum Gasteiger partial charge on any atom is -0.377 e. The fourth-order valence-corrected chi connectivity index (χ4v) is 6.69. The van der Waals surface area contributed by atoms with Crippen molar-refractivity contribution >= 4 is 21.7 Å². The van der Waals surface area contributed by atoms with Crippen molar-refractivity contribution in [2.45, 2.75) is 31.6 Å². The van der Waals surface area contributed by atoms with Gasteiger partial charge in [0.05, 0.1) is 11.9 Å². The lowest BCUT2D eigenvalue weighted by Crippen LogP contribution is -2.49. The Labute approximate surface area is 208 Å². The zero-order valence-corrected chi connectivity index (χ0v) is 21.4. The van der Waals surface area contributed by atoms with Gasteiger partial charge in [0.25, 0.3) is 0 Å². The first kappa shape index (κ1) is 24.4. The first-order valence-corrected chi connectivity index (χ1v) is 14.3. The second-order valence-corrected chi connectivity index (χ2v) is 11.8. The highest BCUT2D eigenvalue weighted by Crippen LogP contribution is 2.21. The second kappa shape index (κ2) is 10.8. The molecule has 0 spiro atoms. The fourth-order valence-electron chi connectivity index (χ4n) is 5.19. The Morgan fingerprint density at radius 2 is 1.57 bits per heavy atom. The molecular formula is C25H36N6O3S. The summed E-state index contributed by atoms with van der Waals surface area (Å²) in [5, 5.41) is 8.97. The first-order valence-electron chi connectivity index (χ1n) is 12.7. The van der Waals surface area contributed by atoms with Crippen molar-refractivity contribution in [1.29, 1.82) is 0 Å². The Bertz CT molecular complexity index is 1070. The number of ether oxygens (including phenoxy) is 1. The van der Waals surface area contributed by atoms with Gasteiger partial charge < -0.3 is 14.5 Å². The topological polar surface area (TPSA) is 82.1 Å². The lowest BCUT2D eigenvalue weighted by atomic mass is 10.2. The molecule has 9 nitrogen and oxygen atoms in total. The molecular weight excluding hydrogens is 464 g/mol. The fraction of sp³-hybridized carbons (Fsp3) is 0.600. The largest absolute Gasteiger partial charge is 0.377 e. The van der Waals surface area contributed by atoms with Crippen molar-refractivity contribution in [3.8, 4) is 0 Å². The number of hydrogen-bond donors (Lipinski definition) is 0. The summed E-state index contributed by atoms with van der Waals surface area (Å²) in [6.45, 7) is 9.99. The van der Waals surface area contributed by atoms with Crippen LogP contribution in [0.25, 0.3) is 0 Å². The Kier molecular flexibility index (Phi) is 7.52. The molecule has 4 heterocycles. The maximum absolute atomic E-state index is 12.9. The molecule has 1 atom stereocenters. The number of benzene rings is 1. The van der Waals surface area contributed by atoms with E-state index in [1.54, 1.807) is 4.31 Å².